The number of ether oxygens (including phenoxy) is 2. The fourth-order valence-corrected chi connectivity index (χ4v) is 2.55. The van der Waals surface area contributed by atoms with E-state index in [0.29, 0.717) is 17.1 Å². The van der Waals surface area contributed by atoms with Crippen LogP contribution in [0.3, 0.4) is 0 Å². The van der Waals surface area contributed by atoms with E-state index in [1.807, 2.05) is 32.0 Å². The molecule has 2 aromatic carbocycles. The second-order valence-electron chi connectivity index (χ2n) is 6.02. The predicted octanol–water partition coefficient (Wildman–Crippen LogP) is 3.03. The molecule has 2 rings (SSSR count). The summed E-state index contributed by atoms with van der Waals surface area (Å²) in [5, 5.41) is 2.85. The molecular formula is C20H24N2O4. The van der Waals surface area contributed by atoms with E-state index in [0.717, 1.165) is 16.8 Å². The highest BCUT2D eigenvalue weighted by atomic mass is 16.5. The van der Waals surface area contributed by atoms with E-state index in [1.165, 1.54) is 19.1 Å². The smallest absolute Gasteiger partial charge is 0.257 e. The Morgan fingerprint density at radius 3 is 2.46 bits per heavy atom. The maximum absolute atomic E-state index is 12.7. The van der Waals surface area contributed by atoms with Crippen LogP contribution in [0.2, 0.25) is 0 Å². The number of carbonyl (C=O) groups is 2. The van der Waals surface area contributed by atoms with Gasteiger partial charge in [-0.1, -0.05) is 12.1 Å². The molecule has 0 atom stereocenters. The van der Waals surface area contributed by atoms with Crippen molar-refractivity contribution >= 4 is 17.5 Å². The van der Waals surface area contributed by atoms with Crippen LogP contribution >= 0.6 is 0 Å². The third kappa shape index (κ3) is 4.33. The third-order valence-electron chi connectivity index (χ3n) is 4.24. The Hall–Kier alpha value is -3.02. The Balaban J connectivity index is 2.11. The zero-order valence-electron chi connectivity index (χ0n) is 15.8. The summed E-state index contributed by atoms with van der Waals surface area (Å²) in [6, 6.07) is 10.7. The molecule has 6 nitrogen and oxygen atoms in total. The lowest BCUT2D eigenvalue weighted by molar-refractivity contribution is -0.116. The highest BCUT2D eigenvalue weighted by Gasteiger charge is 2.20. The van der Waals surface area contributed by atoms with Crippen LogP contribution < -0.4 is 14.8 Å². The van der Waals surface area contributed by atoms with Gasteiger partial charge in [0, 0.05) is 12.7 Å². The second kappa shape index (κ2) is 8.38. The van der Waals surface area contributed by atoms with Crippen molar-refractivity contribution in [3.63, 3.8) is 0 Å². The minimum atomic E-state index is -0.322. The highest BCUT2D eigenvalue weighted by Crippen LogP contribution is 2.25. The van der Waals surface area contributed by atoms with Gasteiger partial charge in [0.1, 0.15) is 11.5 Å². The largest absolute Gasteiger partial charge is 0.497 e. The number of anilines is 1. The molecule has 1 N–H and O–H groups in total. The number of nitrogens with one attached hydrogen (secondary N) is 1. The van der Waals surface area contributed by atoms with Gasteiger partial charge in [0.05, 0.1) is 26.3 Å². The number of hydrogen-bond donors (Lipinski definition) is 1. The molecule has 0 aliphatic carbocycles. The Labute approximate surface area is 153 Å². The predicted molar refractivity (Wildman–Crippen MR) is 101 cm³/mol. The van der Waals surface area contributed by atoms with E-state index >= 15 is 0 Å². The summed E-state index contributed by atoms with van der Waals surface area (Å²) < 4.78 is 10.4. The number of hydrogen-bond acceptors (Lipinski definition) is 4. The van der Waals surface area contributed by atoms with Crippen molar-refractivity contribution in [2.75, 3.05) is 33.1 Å². The molecule has 0 fully saturated rings. The molecule has 0 heterocycles. The van der Waals surface area contributed by atoms with E-state index < -0.39 is 0 Å². The van der Waals surface area contributed by atoms with Gasteiger partial charge in [0.25, 0.3) is 5.91 Å². The number of likely N-dealkylation sites (N-methyl/N-ethyl adjacent to an activating group) is 1. The normalized spacial score (nSPS) is 10.2. The lowest BCUT2D eigenvalue weighted by Gasteiger charge is -2.19. The van der Waals surface area contributed by atoms with E-state index in [9.17, 15) is 9.59 Å². The molecule has 2 aromatic rings. The molecule has 0 bridgehead atoms. The zero-order chi connectivity index (χ0) is 19.3. The Morgan fingerprint density at radius 1 is 1.08 bits per heavy atom. The standard InChI is InChI=1S/C20H24N2O4/c1-13-7-6-8-17(14(13)2)21-19(23)12-22(3)20(24)16-11-15(25-4)9-10-18(16)26-5/h6-11H,12H2,1-5H3,(H,21,23). The molecule has 0 aliphatic rings. The number of rotatable bonds is 6. The lowest BCUT2D eigenvalue weighted by atomic mass is 10.1. The van der Waals surface area contributed by atoms with Gasteiger partial charge >= 0.3 is 0 Å². The van der Waals surface area contributed by atoms with Crippen LogP contribution in [0, 0.1) is 13.8 Å². The molecule has 0 saturated heterocycles. The third-order valence-corrected chi connectivity index (χ3v) is 4.24. The average molecular weight is 356 g/mol. The maximum Gasteiger partial charge on any atom is 0.257 e. The van der Waals surface area contributed by atoms with Crippen LogP contribution in [0.25, 0.3) is 0 Å². The number of carbonyl (C=O) groups excluding carboxylic acids is 2. The van der Waals surface area contributed by atoms with Crippen LogP contribution in [0.1, 0.15) is 21.5 Å². The van der Waals surface area contributed by atoms with Crippen molar-refractivity contribution in [1.82, 2.24) is 4.90 Å². The van der Waals surface area contributed by atoms with Gasteiger partial charge in [0.2, 0.25) is 5.91 Å². The monoisotopic (exact) mass is 356 g/mol. The summed E-state index contributed by atoms with van der Waals surface area (Å²) in [6.45, 7) is 3.85. The van der Waals surface area contributed by atoms with Gasteiger partial charge in [0.15, 0.2) is 0 Å². The number of nitrogens with zero attached hydrogens (tertiary/aromatic N) is 1. The van der Waals surface area contributed by atoms with Crippen LogP contribution in [-0.2, 0) is 4.79 Å². The number of benzene rings is 2. The zero-order valence-corrected chi connectivity index (χ0v) is 15.8. The molecule has 0 radical (unpaired) electrons. The molecule has 2 amide bonds. The number of methoxy groups -OCH3 is 2. The van der Waals surface area contributed by atoms with Crippen LogP contribution in [-0.4, -0.2) is 44.5 Å². The van der Waals surface area contributed by atoms with Gasteiger partial charge in [-0.15, -0.1) is 0 Å². The number of aryl methyl sites for hydroxylation is 1. The summed E-state index contributed by atoms with van der Waals surface area (Å²) >= 11 is 0. The van der Waals surface area contributed by atoms with Crippen molar-refractivity contribution in [3.8, 4) is 11.5 Å². The van der Waals surface area contributed by atoms with Crippen molar-refractivity contribution in [3.05, 3.63) is 53.1 Å². The van der Waals surface area contributed by atoms with Gasteiger partial charge in [-0.25, -0.2) is 0 Å². The molecule has 26 heavy (non-hydrogen) atoms. The summed E-state index contributed by atoms with van der Waals surface area (Å²) in [6.07, 6.45) is 0. The fourth-order valence-electron chi connectivity index (χ4n) is 2.55. The van der Waals surface area contributed by atoms with Crippen molar-refractivity contribution in [2.45, 2.75) is 13.8 Å². The van der Waals surface area contributed by atoms with Gasteiger partial charge in [-0.3, -0.25) is 9.59 Å². The maximum atomic E-state index is 12.7. The van der Waals surface area contributed by atoms with E-state index in [1.54, 1.807) is 25.2 Å². The average Bonchev–Trinajstić information content (AvgIpc) is 2.64. The van der Waals surface area contributed by atoms with Crippen molar-refractivity contribution in [1.29, 1.82) is 0 Å². The molecule has 0 unspecified atom stereocenters. The van der Waals surface area contributed by atoms with E-state index in [-0.39, 0.29) is 18.4 Å². The lowest BCUT2D eigenvalue weighted by Crippen LogP contribution is -2.35. The first-order valence-corrected chi connectivity index (χ1v) is 8.21. The van der Waals surface area contributed by atoms with Crippen molar-refractivity contribution in [2.24, 2.45) is 0 Å². The summed E-state index contributed by atoms with van der Waals surface area (Å²) in [5.74, 6) is 0.383. The molecular weight excluding hydrogens is 332 g/mol. The first-order chi connectivity index (χ1) is 12.4. The molecule has 6 heteroatoms. The van der Waals surface area contributed by atoms with E-state index in [2.05, 4.69) is 5.32 Å². The topological polar surface area (TPSA) is 67.9 Å². The Kier molecular flexibility index (Phi) is 6.22. The highest BCUT2D eigenvalue weighted by molar-refractivity contribution is 6.01. The van der Waals surface area contributed by atoms with Crippen LogP contribution in [0.15, 0.2) is 36.4 Å². The molecule has 0 spiro atoms. The SMILES string of the molecule is COc1ccc(OC)c(C(=O)N(C)CC(=O)Nc2cccc(C)c2C)c1. The summed E-state index contributed by atoms with van der Waals surface area (Å²) in [5.41, 5.74) is 3.18. The van der Waals surface area contributed by atoms with Gasteiger partial charge in [-0.2, -0.15) is 0 Å². The fraction of sp³-hybridized carbons (Fsp3) is 0.300. The molecule has 0 aromatic heterocycles. The summed E-state index contributed by atoms with van der Waals surface area (Å²) in [7, 11) is 4.59. The van der Waals surface area contributed by atoms with Gasteiger partial charge < -0.3 is 19.7 Å². The Morgan fingerprint density at radius 2 is 1.81 bits per heavy atom. The van der Waals surface area contributed by atoms with Gasteiger partial charge in [-0.05, 0) is 49.2 Å². The first-order valence-electron chi connectivity index (χ1n) is 8.21. The molecule has 0 saturated carbocycles. The minimum absolute atomic E-state index is 0.0768. The molecule has 0 aliphatic heterocycles. The Bertz CT molecular complexity index is 817. The minimum Gasteiger partial charge on any atom is -0.497 e. The van der Waals surface area contributed by atoms with Crippen LogP contribution in [0.5, 0.6) is 11.5 Å². The summed E-state index contributed by atoms with van der Waals surface area (Å²) in [4.78, 5) is 26.4. The van der Waals surface area contributed by atoms with E-state index in [4.69, 9.17) is 9.47 Å². The first kappa shape index (κ1) is 19.3. The van der Waals surface area contributed by atoms with Crippen LogP contribution in [0.4, 0.5) is 5.69 Å². The number of amides is 2. The van der Waals surface area contributed by atoms with Crippen molar-refractivity contribution < 1.29 is 19.1 Å². The quantitative estimate of drug-likeness (QED) is 0.864. The second-order valence-corrected chi connectivity index (χ2v) is 6.02. The molecule has 138 valence electrons.